The van der Waals surface area contributed by atoms with Gasteiger partial charge >= 0.3 is 0 Å². The lowest BCUT2D eigenvalue weighted by atomic mass is 9.91. The van der Waals surface area contributed by atoms with Crippen LogP contribution >= 0.6 is 23.2 Å². The van der Waals surface area contributed by atoms with Crippen molar-refractivity contribution in [2.45, 2.75) is 19.0 Å². The van der Waals surface area contributed by atoms with Gasteiger partial charge in [0.1, 0.15) is 0 Å². The second-order valence-electron chi connectivity index (χ2n) is 6.47. The average molecular weight is 361 g/mol. The lowest BCUT2D eigenvalue weighted by Crippen LogP contribution is -2.57. The first-order valence-electron chi connectivity index (χ1n) is 8.17. The zero-order valence-corrected chi connectivity index (χ0v) is 14.7. The summed E-state index contributed by atoms with van der Waals surface area (Å²) in [7, 11) is 0. The Bertz CT molecular complexity index is 778. The highest BCUT2D eigenvalue weighted by atomic mass is 35.5. The van der Waals surface area contributed by atoms with E-state index in [1.165, 1.54) is 5.56 Å². The van der Waals surface area contributed by atoms with Gasteiger partial charge in [-0.25, -0.2) is 0 Å². The van der Waals surface area contributed by atoms with Gasteiger partial charge in [-0.15, -0.1) is 0 Å². The lowest BCUT2D eigenvalue weighted by Gasteiger charge is -2.44. The fourth-order valence-corrected chi connectivity index (χ4v) is 4.16. The summed E-state index contributed by atoms with van der Waals surface area (Å²) in [4.78, 5) is 17.2. The Balaban J connectivity index is 1.55. The maximum Gasteiger partial charge on any atom is 0.256 e. The van der Waals surface area contributed by atoms with Crippen LogP contribution in [0.4, 0.5) is 0 Å². The van der Waals surface area contributed by atoms with Crippen molar-refractivity contribution in [3.63, 3.8) is 0 Å². The Kier molecular flexibility index (Phi) is 4.25. The minimum Gasteiger partial charge on any atom is -0.333 e. The summed E-state index contributed by atoms with van der Waals surface area (Å²) in [6, 6.07) is 14.4. The number of hydrogen-bond acceptors (Lipinski definition) is 2. The van der Waals surface area contributed by atoms with E-state index >= 15 is 0 Å². The molecule has 2 heterocycles. The van der Waals surface area contributed by atoms with E-state index in [1.54, 1.807) is 6.07 Å². The molecular formula is C19H18Cl2N2O. The molecule has 4 rings (SSSR count). The summed E-state index contributed by atoms with van der Waals surface area (Å²) in [6.07, 6.45) is 0.837. The molecule has 0 aromatic heterocycles. The van der Waals surface area contributed by atoms with E-state index in [0.29, 0.717) is 15.6 Å². The smallest absolute Gasteiger partial charge is 0.256 e. The summed E-state index contributed by atoms with van der Waals surface area (Å²) in [5.41, 5.74) is 2.91. The Morgan fingerprint density at radius 2 is 1.83 bits per heavy atom. The van der Waals surface area contributed by atoms with Crippen LogP contribution in [0.3, 0.4) is 0 Å². The van der Waals surface area contributed by atoms with Gasteiger partial charge in [-0.05, 0) is 23.6 Å². The molecule has 5 heteroatoms. The number of carbonyl (C=O) groups excluding carboxylic acids is 1. The van der Waals surface area contributed by atoms with Crippen LogP contribution in [0.15, 0.2) is 42.5 Å². The highest BCUT2D eigenvalue weighted by Gasteiger charge is 2.37. The number of piperazine rings is 1. The van der Waals surface area contributed by atoms with Crippen molar-refractivity contribution in [3.8, 4) is 0 Å². The molecule has 124 valence electrons. The molecule has 0 bridgehead atoms. The van der Waals surface area contributed by atoms with Crippen molar-refractivity contribution >= 4 is 29.1 Å². The zero-order chi connectivity index (χ0) is 16.7. The van der Waals surface area contributed by atoms with E-state index in [4.69, 9.17) is 23.2 Å². The third-order valence-electron chi connectivity index (χ3n) is 4.93. The molecule has 2 aliphatic heterocycles. The average Bonchev–Trinajstić information content (AvgIpc) is 2.59. The van der Waals surface area contributed by atoms with Crippen molar-refractivity contribution < 1.29 is 4.79 Å². The highest BCUT2D eigenvalue weighted by Crippen LogP contribution is 2.35. The van der Waals surface area contributed by atoms with E-state index in [9.17, 15) is 4.79 Å². The third-order valence-corrected chi connectivity index (χ3v) is 5.73. The van der Waals surface area contributed by atoms with Crippen LogP contribution in [0.1, 0.15) is 21.5 Å². The quantitative estimate of drug-likeness (QED) is 0.811. The van der Waals surface area contributed by atoms with Gasteiger partial charge < -0.3 is 4.90 Å². The van der Waals surface area contributed by atoms with Crippen LogP contribution in [0, 0.1) is 0 Å². The van der Waals surface area contributed by atoms with Crippen LogP contribution in [0.5, 0.6) is 0 Å². The molecule has 1 atom stereocenters. The molecule has 1 saturated heterocycles. The lowest BCUT2D eigenvalue weighted by molar-refractivity contribution is 0.0402. The zero-order valence-electron chi connectivity index (χ0n) is 13.2. The highest BCUT2D eigenvalue weighted by molar-refractivity contribution is 6.44. The number of halogens is 2. The van der Waals surface area contributed by atoms with Crippen LogP contribution < -0.4 is 0 Å². The topological polar surface area (TPSA) is 23.6 Å². The summed E-state index contributed by atoms with van der Waals surface area (Å²) in [6.45, 7) is 3.43. The monoisotopic (exact) mass is 360 g/mol. The molecule has 2 aliphatic rings. The predicted octanol–water partition coefficient (Wildman–Crippen LogP) is 3.88. The second-order valence-corrected chi connectivity index (χ2v) is 7.26. The Morgan fingerprint density at radius 1 is 1.04 bits per heavy atom. The number of rotatable bonds is 2. The van der Waals surface area contributed by atoms with Crippen molar-refractivity contribution in [1.82, 2.24) is 9.80 Å². The normalized spacial score (nSPS) is 20.7. The standard InChI is InChI=1S/C19H18Cl2N2O/c20-16-7-6-14-10-15-12-22(11-13-4-2-1-3-5-13)8-9-23(15)19(24)17(14)18(16)21/h1-7,15H,8-12H2/t15-/m1/s1. The summed E-state index contributed by atoms with van der Waals surface area (Å²) < 4.78 is 0. The first-order chi connectivity index (χ1) is 11.6. The van der Waals surface area contributed by atoms with Gasteiger partial charge in [-0.3, -0.25) is 9.69 Å². The van der Waals surface area contributed by atoms with Crippen LogP contribution in [0.25, 0.3) is 0 Å². The van der Waals surface area contributed by atoms with Crippen LogP contribution in [-0.2, 0) is 13.0 Å². The molecule has 3 nitrogen and oxygen atoms in total. The summed E-state index contributed by atoms with van der Waals surface area (Å²) in [5, 5.41) is 0.842. The molecule has 0 radical (unpaired) electrons. The van der Waals surface area contributed by atoms with Gasteiger partial charge in [0, 0.05) is 32.2 Å². The fraction of sp³-hybridized carbons (Fsp3) is 0.316. The minimum absolute atomic E-state index is 0.0214. The Hall–Kier alpha value is -1.55. The molecule has 1 fully saturated rings. The molecule has 1 amide bonds. The molecule has 2 aromatic rings. The van der Waals surface area contributed by atoms with E-state index in [0.717, 1.165) is 38.2 Å². The SMILES string of the molecule is O=C1c2c(ccc(Cl)c2Cl)C[C@@H]2CN(Cc3ccccc3)CCN12. The Morgan fingerprint density at radius 3 is 2.62 bits per heavy atom. The van der Waals surface area contributed by atoms with Crippen LogP contribution in [-0.4, -0.2) is 41.4 Å². The largest absolute Gasteiger partial charge is 0.333 e. The first-order valence-corrected chi connectivity index (χ1v) is 8.93. The molecule has 0 N–H and O–H groups in total. The molecule has 0 spiro atoms. The predicted molar refractivity (Wildman–Crippen MR) is 96.7 cm³/mol. The molecule has 0 aliphatic carbocycles. The number of amides is 1. The number of nitrogens with zero attached hydrogens (tertiary/aromatic N) is 2. The van der Waals surface area contributed by atoms with E-state index in [2.05, 4.69) is 29.2 Å². The van der Waals surface area contributed by atoms with Gasteiger partial charge in [-0.2, -0.15) is 0 Å². The molecular weight excluding hydrogens is 343 g/mol. The fourth-order valence-electron chi connectivity index (χ4n) is 3.74. The molecule has 0 saturated carbocycles. The summed E-state index contributed by atoms with van der Waals surface area (Å²) in [5.74, 6) is 0.0214. The van der Waals surface area contributed by atoms with Gasteiger partial charge in [-0.1, -0.05) is 59.6 Å². The van der Waals surface area contributed by atoms with E-state index in [1.807, 2.05) is 17.0 Å². The van der Waals surface area contributed by atoms with Crippen molar-refractivity contribution in [3.05, 3.63) is 69.2 Å². The Labute approximate surface area is 151 Å². The molecule has 24 heavy (non-hydrogen) atoms. The van der Waals surface area contributed by atoms with Gasteiger partial charge in [0.25, 0.3) is 5.91 Å². The number of fused-ring (bicyclic) bond motifs is 2. The minimum atomic E-state index is 0.0214. The van der Waals surface area contributed by atoms with Gasteiger partial charge in [0.05, 0.1) is 15.6 Å². The number of hydrogen-bond donors (Lipinski definition) is 0. The maximum atomic E-state index is 12.9. The molecule has 2 aromatic carbocycles. The maximum absolute atomic E-state index is 12.9. The van der Waals surface area contributed by atoms with E-state index < -0.39 is 0 Å². The molecule has 0 unspecified atom stereocenters. The van der Waals surface area contributed by atoms with Gasteiger partial charge in [0.15, 0.2) is 0 Å². The second kappa shape index (κ2) is 6.40. The van der Waals surface area contributed by atoms with Crippen molar-refractivity contribution in [2.24, 2.45) is 0 Å². The summed E-state index contributed by atoms with van der Waals surface area (Å²) >= 11 is 12.4. The number of benzene rings is 2. The first kappa shape index (κ1) is 15.9. The van der Waals surface area contributed by atoms with Crippen LogP contribution in [0.2, 0.25) is 10.0 Å². The third kappa shape index (κ3) is 2.81. The van der Waals surface area contributed by atoms with Crippen molar-refractivity contribution in [1.29, 1.82) is 0 Å². The van der Waals surface area contributed by atoms with E-state index in [-0.39, 0.29) is 11.9 Å². The van der Waals surface area contributed by atoms with Gasteiger partial charge in [0.2, 0.25) is 0 Å². The van der Waals surface area contributed by atoms with Crippen molar-refractivity contribution in [2.75, 3.05) is 19.6 Å². The number of carbonyl (C=O) groups is 1.